The number of hydrogen-bond donors (Lipinski definition) is 0. The maximum absolute atomic E-state index is 12.4. The third-order valence-electron chi connectivity index (χ3n) is 6.39. The van der Waals surface area contributed by atoms with Crippen molar-refractivity contribution in [3.8, 4) is 23.0 Å². The van der Waals surface area contributed by atoms with Crippen LogP contribution in [0.2, 0.25) is 0 Å². The van der Waals surface area contributed by atoms with E-state index >= 15 is 0 Å². The summed E-state index contributed by atoms with van der Waals surface area (Å²) in [6.45, 7) is 0. The molecule has 0 fully saturated rings. The van der Waals surface area contributed by atoms with E-state index in [0.29, 0.717) is 34.1 Å². The number of aliphatic imine (C=N–C) groups is 2. The quantitative estimate of drug-likeness (QED) is 0.0951. The van der Waals surface area contributed by atoms with Gasteiger partial charge in [0.25, 0.3) is 0 Å². The highest BCUT2D eigenvalue weighted by atomic mass is 16.5. The second kappa shape index (κ2) is 14.2. The molecule has 0 radical (unpaired) electrons. The van der Waals surface area contributed by atoms with Crippen LogP contribution in [0, 0.1) is 0 Å². The minimum atomic E-state index is -0.449. The van der Waals surface area contributed by atoms with E-state index < -0.39 is 11.9 Å². The molecule has 44 heavy (non-hydrogen) atoms. The molecule has 5 rings (SSSR count). The maximum Gasteiger partial charge on any atom is 0.343 e. The number of benzene rings is 5. The third-order valence-corrected chi connectivity index (χ3v) is 6.39. The van der Waals surface area contributed by atoms with Crippen molar-refractivity contribution in [3.05, 3.63) is 144 Å². The lowest BCUT2D eigenvalue weighted by Crippen LogP contribution is -2.08. The van der Waals surface area contributed by atoms with Gasteiger partial charge in [0.1, 0.15) is 23.0 Å². The molecule has 0 aliphatic heterocycles. The van der Waals surface area contributed by atoms with Crippen LogP contribution in [0.5, 0.6) is 23.0 Å². The van der Waals surface area contributed by atoms with Crippen molar-refractivity contribution >= 4 is 35.7 Å². The molecule has 0 heterocycles. The Hall–Kier alpha value is -6.02. The number of carbonyl (C=O) groups excluding carboxylic acids is 2. The van der Waals surface area contributed by atoms with E-state index in [2.05, 4.69) is 9.98 Å². The molecule has 218 valence electrons. The number of hydrogen-bond acceptors (Lipinski definition) is 8. The van der Waals surface area contributed by atoms with Crippen LogP contribution in [0.25, 0.3) is 0 Å². The highest BCUT2D eigenvalue weighted by Crippen LogP contribution is 2.22. The molecule has 0 bridgehead atoms. The highest BCUT2D eigenvalue weighted by Gasteiger charge is 2.10. The molecule has 0 aromatic heterocycles. The van der Waals surface area contributed by atoms with E-state index in [0.717, 1.165) is 22.5 Å². The van der Waals surface area contributed by atoms with Gasteiger partial charge in [0.2, 0.25) is 0 Å². The number of methoxy groups -OCH3 is 2. The number of carbonyl (C=O) groups is 2. The van der Waals surface area contributed by atoms with Gasteiger partial charge in [-0.1, -0.05) is 6.07 Å². The van der Waals surface area contributed by atoms with Gasteiger partial charge in [-0.25, -0.2) is 9.59 Å². The van der Waals surface area contributed by atoms with Crippen LogP contribution < -0.4 is 18.9 Å². The van der Waals surface area contributed by atoms with E-state index in [1.54, 1.807) is 99.4 Å². The molecule has 8 heteroatoms. The zero-order valence-electron chi connectivity index (χ0n) is 24.0. The zero-order valence-corrected chi connectivity index (χ0v) is 24.0. The second-order valence-corrected chi connectivity index (χ2v) is 9.41. The normalized spacial score (nSPS) is 11.0. The molecule has 0 unspecified atom stereocenters. The molecule has 5 aromatic carbocycles. The van der Waals surface area contributed by atoms with Gasteiger partial charge in [0.15, 0.2) is 0 Å². The van der Waals surface area contributed by atoms with E-state index in [1.807, 2.05) is 48.5 Å². The van der Waals surface area contributed by atoms with Gasteiger partial charge in [0, 0.05) is 12.4 Å². The highest BCUT2D eigenvalue weighted by molar-refractivity contribution is 5.92. The van der Waals surface area contributed by atoms with Crippen molar-refractivity contribution in [2.75, 3.05) is 14.2 Å². The smallest absolute Gasteiger partial charge is 0.343 e. The molecule has 0 saturated heterocycles. The SMILES string of the molecule is COc1ccc(C(=O)Oc2ccc(C=Nc3cccc(N=Cc4ccc(OC(=O)c5ccc(OC)cc5)cc4)c3)cc2)cc1. The van der Waals surface area contributed by atoms with E-state index in [4.69, 9.17) is 18.9 Å². The standard InChI is InChI=1S/C36H28N2O6/c1-41-31-18-10-27(11-19-31)35(39)43-33-14-6-25(7-15-33)23-37-29-4-3-5-30(22-29)38-24-26-8-16-34(17-9-26)44-36(40)28-12-20-32(42-2)21-13-28/h3-24H,1-2H3. The Morgan fingerprint density at radius 3 is 1.23 bits per heavy atom. The third kappa shape index (κ3) is 8.04. The van der Waals surface area contributed by atoms with Crippen LogP contribution in [0.3, 0.4) is 0 Å². The Balaban J connectivity index is 1.15. The summed E-state index contributed by atoms with van der Waals surface area (Å²) in [5.74, 6) is 1.30. The first-order valence-corrected chi connectivity index (χ1v) is 13.6. The van der Waals surface area contributed by atoms with Gasteiger partial charge in [-0.3, -0.25) is 9.98 Å². The van der Waals surface area contributed by atoms with Gasteiger partial charge in [0.05, 0.1) is 36.7 Å². The predicted molar refractivity (Wildman–Crippen MR) is 170 cm³/mol. The molecule has 5 aromatic rings. The molecule has 0 amide bonds. The largest absolute Gasteiger partial charge is 0.497 e. The Bertz CT molecular complexity index is 1650. The Morgan fingerprint density at radius 1 is 0.500 bits per heavy atom. The summed E-state index contributed by atoms with van der Waals surface area (Å²) in [5.41, 5.74) is 4.02. The fourth-order valence-electron chi connectivity index (χ4n) is 3.98. The molecular weight excluding hydrogens is 556 g/mol. The van der Waals surface area contributed by atoms with Gasteiger partial charge in [-0.2, -0.15) is 0 Å². The minimum Gasteiger partial charge on any atom is -0.497 e. The number of esters is 2. The molecule has 0 atom stereocenters. The Labute approximate surface area is 254 Å². The maximum atomic E-state index is 12.4. The van der Waals surface area contributed by atoms with Gasteiger partial charge >= 0.3 is 11.9 Å². The van der Waals surface area contributed by atoms with Crippen molar-refractivity contribution in [2.24, 2.45) is 9.98 Å². The van der Waals surface area contributed by atoms with E-state index in [1.165, 1.54) is 0 Å². The first-order valence-electron chi connectivity index (χ1n) is 13.6. The summed E-state index contributed by atoms with van der Waals surface area (Å²) in [7, 11) is 3.14. The van der Waals surface area contributed by atoms with Crippen LogP contribution in [0.15, 0.2) is 131 Å². The summed E-state index contributed by atoms with van der Waals surface area (Å²) >= 11 is 0. The molecule has 0 saturated carbocycles. The minimum absolute atomic E-state index is 0.433. The number of rotatable bonds is 10. The Kier molecular flexibility index (Phi) is 9.54. The fraction of sp³-hybridized carbons (Fsp3) is 0.0556. The first-order chi connectivity index (χ1) is 21.5. The number of nitrogens with zero attached hydrogens (tertiary/aromatic N) is 2. The van der Waals surface area contributed by atoms with Crippen molar-refractivity contribution in [3.63, 3.8) is 0 Å². The van der Waals surface area contributed by atoms with Crippen molar-refractivity contribution < 1.29 is 28.5 Å². The van der Waals surface area contributed by atoms with Crippen LogP contribution in [-0.4, -0.2) is 38.6 Å². The molecule has 0 N–H and O–H groups in total. The number of ether oxygens (including phenoxy) is 4. The Morgan fingerprint density at radius 2 is 0.864 bits per heavy atom. The molecular formula is C36H28N2O6. The molecule has 0 spiro atoms. The van der Waals surface area contributed by atoms with E-state index in [-0.39, 0.29) is 0 Å². The van der Waals surface area contributed by atoms with Crippen molar-refractivity contribution in [1.82, 2.24) is 0 Å². The summed E-state index contributed by atoms with van der Waals surface area (Å²) < 4.78 is 21.1. The van der Waals surface area contributed by atoms with Gasteiger partial charge in [-0.05, 0) is 126 Å². The predicted octanol–water partition coefficient (Wildman–Crippen LogP) is 7.64. The average molecular weight is 585 g/mol. The van der Waals surface area contributed by atoms with Crippen LogP contribution >= 0.6 is 0 Å². The fourth-order valence-corrected chi connectivity index (χ4v) is 3.98. The lowest BCUT2D eigenvalue weighted by atomic mass is 10.2. The van der Waals surface area contributed by atoms with Gasteiger partial charge < -0.3 is 18.9 Å². The monoisotopic (exact) mass is 584 g/mol. The topological polar surface area (TPSA) is 95.8 Å². The first kappa shape index (κ1) is 29.5. The van der Waals surface area contributed by atoms with Gasteiger partial charge in [-0.15, -0.1) is 0 Å². The zero-order chi connectivity index (χ0) is 30.7. The lowest BCUT2D eigenvalue weighted by molar-refractivity contribution is 0.0725. The molecule has 0 aliphatic rings. The van der Waals surface area contributed by atoms with Crippen LogP contribution in [0.1, 0.15) is 31.8 Å². The van der Waals surface area contributed by atoms with Crippen LogP contribution in [0.4, 0.5) is 11.4 Å². The molecule has 0 aliphatic carbocycles. The van der Waals surface area contributed by atoms with E-state index in [9.17, 15) is 9.59 Å². The average Bonchev–Trinajstić information content (AvgIpc) is 3.08. The molecule has 8 nitrogen and oxygen atoms in total. The summed E-state index contributed by atoms with van der Waals surface area (Å²) in [4.78, 5) is 33.9. The lowest BCUT2D eigenvalue weighted by Gasteiger charge is -2.05. The summed E-state index contributed by atoms with van der Waals surface area (Å²) in [5, 5.41) is 0. The van der Waals surface area contributed by atoms with Crippen molar-refractivity contribution in [1.29, 1.82) is 0 Å². The van der Waals surface area contributed by atoms with Crippen LogP contribution in [-0.2, 0) is 0 Å². The second-order valence-electron chi connectivity index (χ2n) is 9.41. The summed E-state index contributed by atoms with van der Waals surface area (Å²) in [6.07, 6.45) is 3.45. The summed E-state index contributed by atoms with van der Waals surface area (Å²) in [6, 6.07) is 35.1. The van der Waals surface area contributed by atoms with Crippen molar-refractivity contribution in [2.45, 2.75) is 0 Å².